The number of carbonyl (C=O) groups is 1. The van der Waals surface area contributed by atoms with Gasteiger partial charge in [0.2, 0.25) is 3.79 Å². The molecule has 1 atom stereocenters. The summed E-state index contributed by atoms with van der Waals surface area (Å²) < 4.78 is 3.74. The van der Waals surface area contributed by atoms with Crippen molar-refractivity contribution in [2.24, 2.45) is 0 Å². The highest BCUT2D eigenvalue weighted by atomic mass is 35.6. The summed E-state index contributed by atoms with van der Waals surface area (Å²) in [5, 5.41) is 1.27. The van der Waals surface area contributed by atoms with E-state index >= 15 is 0 Å². The van der Waals surface area contributed by atoms with Gasteiger partial charge in [0, 0.05) is 12.5 Å². The first-order valence-corrected chi connectivity index (χ1v) is 13.0. The van der Waals surface area contributed by atoms with E-state index in [4.69, 9.17) is 39.5 Å². The summed E-state index contributed by atoms with van der Waals surface area (Å²) in [7, 11) is -1.74. The molecule has 0 aromatic heterocycles. The van der Waals surface area contributed by atoms with Crippen LogP contribution in [0.5, 0.6) is 0 Å². The van der Waals surface area contributed by atoms with Crippen LogP contribution in [-0.4, -0.2) is 23.9 Å². The average molecular weight is 414 g/mol. The van der Waals surface area contributed by atoms with Crippen LogP contribution in [0.25, 0.3) is 0 Å². The van der Waals surface area contributed by atoms with Gasteiger partial charge < -0.3 is 4.74 Å². The summed E-state index contributed by atoms with van der Waals surface area (Å²) in [5.74, 6) is -0.339. The van der Waals surface area contributed by atoms with Gasteiger partial charge in [-0.1, -0.05) is 117 Å². The third kappa shape index (κ3) is 6.55. The molecule has 0 radical (unpaired) electrons. The normalized spacial score (nSPS) is 19.2. The zero-order valence-electron chi connectivity index (χ0n) is 15.2. The maximum Gasteiger partial charge on any atom is 0.330 e. The Morgan fingerprint density at radius 2 is 1.50 bits per heavy atom. The third-order valence-electron chi connectivity index (χ3n) is 5.03. The fourth-order valence-corrected chi connectivity index (χ4v) is 9.78. The number of ether oxygens (including phenoxy) is 1. The molecule has 0 unspecified atom stereocenters. The Kier molecular flexibility index (Phi) is 9.72. The average Bonchev–Trinajstić information content (AvgIpc) is 2.53. The van der Waals surface area contributed by atoms with Gasteiger partial charge in [0.05, 0.1) is 8.07 Å². The molecular formula is C18H31Cl3O2Si. The number of halogens is 3. The number of hydrogen-bond acceptors (Lipinski definition) is 2. The zero-order chi connectivity index (χ0) is 18.2. The zero-order valence-corrected chi connectivity index (χ0v) is 18.4. The molecule has 1 rings (SSSR count). The fraction of sp³-hybridized carbons (Fsp3) is 0.833. The van der Waals surface area contributed by atoms with Crippen molar-refractivity contribution in [3.8, 4) is 0 Å². The highest BCUT2D eigenvalue weighted by Gasteiger charge is 2.44. The lowest BCUT2D eigenvalue weighted by atomic mass is 10.2. The number of cyclic esters (lactones) is 1. The molecule has 1 aliphatic rings. The van der Waals surface area contributed by atoms with Crippen LogP contribution < -0.4 is 0 Å². The smallest absolute Gasteiger partial charge is 0.330 e. The van der Waals surface area contributed by atoms with Gasteiger partial charge in [-0.05, 0) is 0 Å². The number of rotatable bonds is 10. The van der Waals surface area contributed by atoms with Crippen LogP contribution in [0.1, 0.15) is 65.7 Å². The molecule has 1 aliphatic heterocycles. The minimum atomic E-state index is -1.74. The van der Waals surface area contributed by atoms with Gasteiger partial charge in [0.15, 0.2) is 6.10 Å². The number of unbranched alkanes of at least 4 members (excludes halogenated alkanes) is 3. The van der Waals surface area contributed by atoms with E-state index in [0.717, 1.165) is 0 Å². The standard InChI is InChI=1S/C18H31Cl3O2Si/c1-4-7-10-24(11-8-5-2,12-9-6-3)15-13-16(18(19,20)21)23-17(22)14-15/h14,16H,4-13H2,1-3H3/t16-/m0/s1. The Balaban J connectivity index is 3.15. The lowest BCUT2D eigenvalue weighted by Crippen LogP contribution is -2.44. The van der Waals surface area contributed by atoms with Crippen LogP contribution in [0.4, 0.5) is 0 Å². The van der Waals surface area contributed by atoms with Crippen LogP contribution in [0.15, 0.2) is 11.3 Å². The third-order valence-corrected chi connectivity index (χ3v) is 11.4. The molecule has 0 aliphatic carbocycles. The maximum absolute atomic E-state index is 12.1. The van der Waals surface area contributed by atoms with Gasteiger partial charge in [0.1, 0.15) is 0 Å². The SMILES string of the molecule is CCCC[Si](CCCC)(CCCC)C1=CC(=O)O[C@H](C(Cl)(Cl)Cl)C1. The van der Waals surface area contributed by atoms with Crippen molar-refractivity contribution in [1.82, 2.24) is 0 Å². The van der Waals surface area contributed by atoms with E-state index < -0.39 is 18.0 Å². The second-order valence-corrected chi connectivity index (χ2v) is 14.0. The van der Waals surface area contributed by atoms with Gasteiger partial charge in [0.25, 0.3) is 0 Å². The molecule has 0 spiro atoms. The van der Waals surface area contributed by atoms with E-state index in [9.17, 15) is 4.79 Å². The molecule has 0 saturated carbocycles. The minimum Gasteiger partial charge on any atom is -0.454 e. The first-order chi connectivity index (χ1) is 11.3. The summed E-state index contributed by atoms with van der Waals surface area (Å²) in [6.45, 7) is 6.69. The Hall–Kier alpha value is 0.297. The number of carbonyl (C=O) groups excluding carboxylic acids is 1. The molecule has 0 bridgehead atoms. The quantitative estimate of drug-likeness (QED) is 0.219. The molecule has 2 nitrogen and oxygen atoms in total. The first kappa shape index (κ1) is 22.3. The lowest BCUT2D eigenvalue weighted by molar-refractivity contribution is -0.143. The molecule has 1 heterocycles. The van der Waals surface area contributed by atoms with Crippen molar-refractivity contribution < 1.29 is 9.53 Å². The fourth-order valence-electron chi connectivity index (χ4n) is 3.57. The topological polar surface area (TPSA) is 26.3 Å². The summed E-state index contributed by atoms with van der Waals surface area (Å²) in [6.07, 6.45) is 8.84. The summed E-state index contributed by atoms with van der Waals surface area (Å²) >= 11 is 18.1. The second kappa shape index (κ2) is 10.4. The molecule has 6 heteroatoms. The van der Waals surface area contributed by atoms with Crippen LogP contribution in [0.3, 0.4) is 0 Å². The molecule has 0 aromatic carbocycles. The number of alkyl halides is 3. The second-order valence-electron chi connectivity index (χ2n) is 6.93. The van der Waals surface area contributed by atoms with Crippen LogP contribution in [-0.2, 0) is 9.53 Å². The first-order valence-electron chi connectivity index (χ1n) is 9.27. The lowest BCUT2D eigenvalue weighted by Gasteiger charge is -2.39. The van der Waals surface area contributed by atoms with E-state index in [1.807, 2.05) is 0 Å². The molecule has 24 heavy (non-hydrogen) atoms. The van der Waals surface area contributed by atoms with Gasteiger partial charge >= 0.3 is 5.97 Å². The van der Waals surface area contributed by atoms with Crippen molar-refractivity contribution in [3.63, 3.8) is 0 Å². The number of hydrogen-bond donors (Lipinski definition) is 0. The minimum absolute atomic E-state index is 0.339. The molecule has 0 saturated heterocycles. The van der Waals surface area contributed by atoms with Crippen molar-refractivity contribution in [2.75, 3.05) is 0 Å². The summed E-state index contributed by atoms with van der Waals surface area (Å²) in [4.78, 5) is 12.1. The van der Waals surface area contributed by atoms with Crippen molar-refractivity contribution in [1.29, 1.82) is 0 Å². The van der Waals surface area contributed by atoms with Gasteiger partial charge in [-0.3, -0.25) is 0 Å². The van der Waals surface area contributed by atoms with Crippen molar-refractivity contribution in [3.05, 3.63) is 11.3 Å². The molecular weight excluding hydrogens is 383 g/mol. The predicted octanol–water partition coefficient (Wildman–Crippen LogP) is 6.99. The monoisotopic (exact) mass is 412 g/mol. The molecule has 140 valence electrons. The Bertz CT molecular complexity index is 411. The van der Waals surface area contributed by atoms with E-state index in [-0.39, 0.29) is 5.97 Å². The van der Waals surface area contributed by atoms with Crippen molar-refractivity contribution >= 4 is 48.8 Å². The number of esters is 1. The van der Waals surface area contributed by atoms with Crippen LogP contribution in [0.2, 0.25) is 18.1 Å². The van der Waals surface area contributed by atoms with Crippen LogP contribution >= 0.6 is 34.8 Å². The summed E-state index contributed by atoms with van der Waals surface area (Å²) in [6, 6.07) is 3.69. The Morgan fingerprint density at radius 3 is 1.88 bits per heavy atom. The molecule has 0 N–H and O–H groups in total. The summed E-state index contributed by atoms with van der Waals surface area (Å²) in [5.41, 5.74) is 0. The molecule has 0 fully saturated rings. The highest BCUT2D eigenvalue weighted by molar-refractivity contribution is 6.86. The van der Waals surface area contributed by atoms with E-state index in [1.165, 1.54) is 61.9 Å². The Labute approximate surface area is 163 Å². The largest absolute Gasteiger partial charge is 0.454 e. The van der Waals surface area contributed by atoms with E-state index in [1.54, 1.807) is 6.08 Å². The molecule has 0 amide bonds. The Morgan fingerprint density at radius 1 is 1.04 bits per heavy atom. The van der Waals surface area contributed by atoms with Crippen molar-refractivity contribution in [2.45, 2.75) is 93.7 Å². The van der Waals surface area contributed by atoms with Gasteiger partial charge in [-0.15, -0.1) is 0 Å². The molecule has 0 aromatic rings. The maximum atomic E-state index is 12.1. The van der Waals surface area contributed by atoms with E-state index in [2.05, 4.69) is 20.8 Å². The highest BCUT2D eigenvalue weighted by Crippen LogP contribution is 2.43. The predicted molar refractivity (Wildman–Crippen MR) is 108 cm³/mol. The van der Waals surface area contributed by atoms with Crippen LogP contribution in [0, 0.1) is 0 Å². The van der Waals surface area contributed by atoms with Gasteiger partial charge in [-0.2, -0.15) is 0 Å². The van der Waals surface area contributed by atoms with E-state index in [0.29, 0.717) is 6.42 Å². The van der Waals surface area contributed by atoms with Gasteiger partial charge in [-0.25, -0.2) is 4.79 Å².